The van der Waals surface area contributed by atoms with E-state index in [2.05, 4.69) is 30.9 Å². The van der Waals surface area contributed by atoms with Gasteiger partial charge in [-0.2, -0.15) is 0 Å². The van der Waals surface area contributed by atoms with E-state index < -0.39 is 0 Å². The standard InChI is InChI=1S/C15H20N4O2S/c16-21-22-17-13-3-5-14(6-4-13)19-9-7-18(8-10-19)12-15-2-1-11-20-15/h1-6,11,17H,7-10,12,16H2. The van der Waals surface area contributed by atoms with E-state index in [0.29, 0.717) is 0 Å². The lowest BCUT2D eigenvalue weighted by molar-refractivity contribution is 0.230. The molecule has 0 atom stereocenters. The summed E-state index contributed by atoms with van der Waals surface area (Å²) in [7, 11) is 0. The van der Waals surface area contributed by atoms with Crippen molar-refractivity contribution in [2.45, 2.75) is 6.54 Å². The molecule has 0 spiro atoms. The second-order valence-electron chi connectivity index (χ2n) is 5.17. The molecule has 0 radical (unpaired) electrons. The van der Waals surface area contributed by atoms with Gasteiger partial charge in [-0.3, -0.25) is 4.90 Å². The van der Waals surface area contributed by atoms with Crippen LogP contribution in [0, 0.1) is 0 Å². The fourth-order valence-electron chi connectivity index (χ4n) is 2.60. The van der Waals surface area contributed by atoms with Crippen LogP contribution in [0.1, 0.15) is 5.76 Å². The fourth-order valence-corrected chi connectivity index (χ4v) is 2.88. The third-order valence-electron chi connectivity index (χ3n) is 3.77. The zero-order valence-corrected chi connectivity index (χ0v) is 13.1. The normalized spacial score (nSPS) is 16.0. The van der Waals surface area contributed by atoms with Crippen molar-refractivity contribution in [2.75, 3.05) is 35.8 Å². The molecule has 0 saturated carbocycles. The highest BCUT2D eigenvalue weighted by molar-refractivity contribution is 7.95. The van der Waals surface area contributed by atoms with Crippen molar-refractivity contribution in [3.05, 3.63) is 48.4 Å². The van der Waals surface area contributed by atoms with Crippen LogP contribution in [0.25, 0.3) is 0 Å². The maximum atomic E-state index is 5.41. The molecular weight excluding hydrogens is 300 g/mol. The van der Waals surface area contributed by atoms with E-state index in [4.69, 9.17) is 10.3 Å². The maximum absolute atomic E-state index is 5.41. The van der Waals surface area contributed by atoms with Gasteiger partial charge in [0.2, 0.25) is 0 Å². The number of piperazine rings is 1. The van der Waals surface area contributed by atoms with Crippen LogP contribution in [0.4, 0.5) is 11.4 Å². The van der Waals surface area contributed by atoms with Crippen LogP contribution in [-0.4, -0.2) is 31.1 Å². The molecular formula is C15H20N4O2S. The Hall–Kier alpha value is -1.67. The molecule has 0 unspecified atom stereocenters. The summed E-state index contributed by atoms with van der Waals surface area (Å²) >= 11 is 1.00. The molecule has 2 heterocycles. The average Bonchev–Trinajstić information content (AvgIpc) is 3.07. The summed E-state index contributed by atoms with van der Waals surface area (Å²) in [5.74, 6) is 6.00. The Morgan fingerprint density at radius 3 is 2.55 bits per heavy atom. The van der Waals surface area contributed by atoms with Crippen molar-refractivity contribution < 1.29 is 8.70 Å². The van der Waals surface area contributed by atoms with Gasteiger partial charge in [0.05, 0.1) is 12.8 Å². The fraction of sp³-hybridized carbons (Fsp3) is 0.333. The minimum Gasteiger partial charge on any atom is -0.468 e. The molecule has 6 nitrogen and oxygen atoms in total. The summed E-state index contributed by atoms with van der Waals surface area (Å²) in [6, 6.07) is 12.2. The number of benzene rings is 1. The van der Waals surface area contributed by atoms with Crippen LogP contribution in [0.2, 0.25) is 0 Å². The molecule has 118 valence electrons. The van der Waals surface area contributed by atoms with Gasteiger partial charge >= 0.3 is 0 Å². The number of nitrogens with two attached hydrogens (primary N) is 1. The first-order valence-corrected chi connectivity index (χ1v) is 7.97. The maximum Gasteiger partial charge on any atom is 0.132 e. The molecule has 7 heteroatoms. The molecule has 2 aromatic rings. The van der Waals surface area contributed by atoms with E-state index in [1.54, 1.807) is 6.26 Å². The molecule has 1 aromatic carbocycles. The quantitative estimate of drug-likeness (QED) is 0.481. The van der Waals surface area contributed by atoms with E-state index in [1.807, 2.05) is 24.3 Å². The Morgan fingerprint density at radius 1 is 1.14 bits per heavy atom. The molecule has 1 aliphatic heterocycles. The molecule has 1 aliphatic rings. The number of furan rings is 1. The van der Waals surface area contributed by atoms with E-state index in [1.165, 1.54) is 5.69 Å². The second-order valence-corrected chi connectivity index (χ2v) is 5.73. The lowest BCUT2D eigenvalue weighted by Crippen LogP contribution is -2.45. The molecule has 0 amide bonds. The third kappa shape index (κ3) is 3.95. The van der Waals surface area contributed by atoms with Crippen LogP contribution < -0.4 is 15.5 Å². The average molecular weight is 320 g/mol. The van der Waals surface area contributed by atoms with Crippen molar-refractivity contribution in [1.29, 1.82) is 0 Å². The molecule has 0 aliphatic carbocycles. The minimum atomic E-state index is 0.889. The molecule has 3 rings (SSSR count). The Kier molecular flexibility index (Phi) is 5.23. The van der Waals surface area contributed by atoms with Crippen molar-refractivity contribution in [2.24, 2.45) is 5.90 Å². The van der Waals surface area contributed by atoms with Gasteiger partial charge in [0.1, 0.15) is 18.0 Å². The first kappa shape index (κ1) is 15.2. The monoisotopic (exact) mass is 320 g/mol. The van der Waals surface area contributed by atoms with Crippen molar-refractivity contribution in [1.82, 2.24) is 4.90 Å². The van der Waals surface area contributed by atoms with Gasteiger partial charge in [0, 0.05) is 37.6 Å². The Morgan fingerprint density at radius 2 is 1.91 bits per heavy atom. The van der Waals surface area contributed by atoms with Gasteiger partial charge < -0.3 is 14.0 Å². The van der Waals surface area contributed by atoms with Gasteiger partial charge in [-0.05, 0) is 36.4 Å². The van der Waals surface area contributed by atoms with E-state index in [9.17, 15) is 0 Å². The summed E-state index contributed by atoms with van der Waals surface area (Å²) in [5, 5.41) is 0. The Bertz CT molecular complexity index is 553. The summed E-state index contributed by atoms with van der Waals surface area (Å²) in [5.41, 5.74) is 2.21. The van der Waals surface area contributed by atoms with Gasteiger partial charge in [-0.1, -0.05) is 0 Å². The predicted molar refractivity (Wildman–Crippen MR) is 89.1 cm³/mol. The first-order chi connectivity index (χ1) is 10.8. The highest BCUT2D eigenvalue weighted by Gasteiger charge is 2.17. The van der Waals surface area contributed by atoms with Gasteiger partial charge in [-0.25, -0.2) is 10.2 Å². The largest absolute Gasteiger partial charge is 0.468 e. The Labute approximate surface area is 134 Å². The number of hydrogen-bond acceptors (Lipinski definition) is 7. The van der Waals surface area contributed by atoms with Gasteiger partial charge in [0.25, 0.3) is 0 Å². The molecule has 1 aromatic heterocycles. The lowest BCUT2D eigenvalue weighted by atomic mass is 10.2. The molecule has 1 saturated heterocycles. The number of anilines is 2. The van der Waals surface area contributed by atoms with E-state index in [-0.39, 0.29) is 0 Å². The summed E-state index contributed by atoms with van der Waals surface area (Å²) < 4.78 is 12.8. The van der Waals surface area contributed by atoms with E-state index in [0.717, 1.165) is 56.4 Å². The van der Waals surface area contributed by atoms with Crippen molar-refractivity contribution in [3.8, 4) is 0 Å². The number of rotatable bonds is 6. The smallest absolute Gasteiger partial charge is 0.132 e. The summed E-state index contributed by atoms with van der Waals surface area (Å²) in [4.78, 5) is 4.81. The zero-order chi connectivity index (χ0) is 15.2. The van der Waals surface area contributed by atoms with Gasteiger partial charge in [-0.15, -0.1) is 0 Å². The van der Waals surface area contributed by atoms with Crippen LogP contribution in [0.3, 0.4) is 0 Å². The highest BCUT2D eigenvalue weighted by Crippen LogP contribution is 2.21. The zero-order valence-electron chi connectivity index (χ0n) is 12.3. The number of nitrogens with zero attached hydrogens (tertiary/aromatic N) is 2. The van der Waals surface area contributed by atoms with Crippen molar-refractivity contribution >= 4 is 23.6 Å². The van der Waals surface area contributed by atoms with Crippen molar-refractivity contribution in [3.63, 3.8) is 0 Å². The molecule has 3 N–H and O–H groups in total. The number of nitrogens with one attached hydrogen (secondary N) is 1. The van der Waals surface area contributed by atoms with Crippen LogP contribution >= 0.6 is 12.2 Å². The molecule has 1 fully saturated rings. The van der Waals surface area contributed by atoms with Gasteiger partial charge in [0.15, 0.2) is 0 Å². The van der Waals surface area contributed by atoms with E-state index >= 15 is 0 Å². The predicted octanol–water partition coefficient (Wildman–Crippen LogP) is 2.47. The highest BCUT2D eigenvalue weighted by atomic mass is 32.2. The van der Waals surface area contributed by atoms with Crippen LogP contribution in [0.15, 0.2) is 47.1 Å². The lowest BCUT2D eigenvalue weighted by Gasteiger charge is -2.35. The first-order valence-electron chi connectivity index (χ1n) is 7.23. The molecule has 22 heavy (non-hydrogen) atoms. The number of hydrogen-bond donors (Lipinski definition) is 2. The molecule has 0 bridgehead atoms. The third-order valence-corrected chi connectivity index (χ3v) is 4.19. The summed E-state index contributed by atoms with van der Waals surface area (Å²) in [6.45, 7) is 5.01. The van der Waals surface area contributed by atoms with Crippen LogP contribution in [-0.2, 0) is 10.8 Å². The topological polar surface area (TPSA) is 66.9 Å². The SMILES string of the molecule is NOSNc1ccc(N2CCN(Cc3ccco3)CC2)cc1. The minimum absolute atomic E-state index is 0.889. The second kappa shape index (κ2) is 7.55. The van der Waals surface area contributed by atoms with Crippen LogP contribution in [0.5, 0.6) is 0 Å². The summed E-state index contributed by atoms with van der Waals surface area (Å²) in [6.07, 6.45) is 1.73. The Balaban J connectivity index is 1.50.